The molecule has 4 nitrogen and oxygen atoms in total. The molecule has 0 fully saturated rings. The van der Waals surface area contributed by atoms with Crippen molar-refractivity contribution in [3.63, 3.8) is 0 Å². The fourth-order valence-corrected chi connectivity index (χ4v) is 3.74. The molecule has 2 aromatic carbocycles. The zero-order chi connectivity index (χ0) is 17.0. The van der Waals surface area contributed by atoms with E-state index in [2.05, 4.69) is 0 Å². The Kier molecular flexibility index (Phi) is 5.32. The highest BCUT2D eigenvalue weighted by Crippen LogP contribution is 2.30. The molecule has 0 bridgehead atoms. The Morgan fingerprint density at radius 1 is 1.17 bits per heavy atom. The number of benzene rings is 2. The van der Waals surface area contributed by atoms with E-state index in [4.69, 9.17) is 27.9 Å². The first kappa shape index (κ1) is 17.4. The average Bonchev–Trinajstić information content (AvgIpc) is 2.55. The first-order valence-electron chi connectivity index (χ1n) is 6.34. The highest BCUT2D eigenvalue weighted by atomic mass is 35.5. The Bertz CT molecular complexity index is 898. The summed E-state index contributed by atoms with van der Waals surface area (Å²) in [5.41, 5.74) is 0.545. The van der Waals surface area contributed by atoms with E-state index < -0.39 is 14.7 Å². The van der Waals surface area contributed by atoms with Crippen molar-refractivity contribution >= 4 is 39.1 Å². The first-order chi connectivity index (χ1) is 10.9. The number of nitrogens with zero attached hydrogens (tertiary/aromatic N) is 1. The SMILES string of the molecule is COc1ccc(/C=C(\C#N)S(=O)(=O)c2cc(Cl)ccc2Cl)cc1. The van der Waals surface area contributed by atoms with Crippen molar-refractivity contribution in [2.24, 2.45) is 0 Å². The number of nitriles is 1. The number of hydrogen-bond acceptors (Lipinski definition) is 4. The Labute approximate surface area is 144 Å². The van der Waals surface area contributed by atoms with Crippen LogP contribution in [-0.4, -0.2) is 15.5 Å². The molecule has 0 saturated carbocycles. The molecule has 2 aromatic rings. The third kappa shape index (κ3) is 3.85. The second-order valence-corrected chi connectivity index (χ2v) is 7.20. The van der Waals surface area contributed by atoms with Crippen molar-refractivity contribution in [1.82, 2.24) is 0 Å². The molecule has 0 spiro atoms. The van der Waals surface area contributed by atoms with Crippen LogP contribution in [-0.2, 0) is 9.84 Å². The Hall–Kier alpha value is -2.00. The lowest BCUT2D eigenvalue weighted by Gasteiger charge is -2.06. The summed E-state index contributed by atoms with van der Waals surface area (Å²) in [4.78, 5) is -0.625. The van der Waals surface area contributed by atoms with Gasteiger partial charge in [0.1, 0.15) is 16.7 Å². The molecule has 0 aliphatic carbocycles. The molecule has 0 radical (unpaired) electrons. The Balaban J connectivity index is 2.52. The maximum Gasteiger partial charge on any atom is 0.218 e. The molecular formula is C16H11Cl2NO3S. The fraction of sp³-hybridized carbons (Fsp3) is 0.0625. The van der Waals surface area contributed by atoms with Crippen molar-refractivity contribution in [3.8, 4) is 11.8 Å². The van der Waals surface area contributed by atoms with Crippen molar-refractivity contribution < 1.29 is 13.2 Å². The lowest BCUT2D eigenvalue weighted by atomic mass is 10.2. The summed E-state index contributed by atoms with van der Waals surface area (Å²) < 4.78 is 30.2. The molecular weight excluding hydrogens is 357 g/mol. The summed E-state index contributed by atoms with van der Waals surface area (Å²) in [7, 11) is -2.54. The minimum Gasteiger partial charge on any atom is -0.497 e. The van der Waals surface area contributed by atoms with Crippen LogP contribution in [0.5, 0.6) is 5.75 Å². The molecule has 0 amide bonds. The smallest absolute Gasteiger partial charge is 0.218 e. The second kappa shape index (κ2) is 7.05. The molecule has 0 saturated heterocycles. The van der Waals surface area contributed by atoms with Gasteiger partial charge in [0, 0.05) is 5.02 Å². The lowest BCUT2D eigenvalue weighted by Crippen LogP contribution is -2.04. The standard InChI is InChI=1S/C16H11Cl2NO3S/c1-22-13-5-2-11(3-6-13)8-14(10-19)23(20,21)16-9-12(17)4-7-15(16)18/h2-9H,1H3/b14-8+. The average molecular weight is 368 g/mol. The van der Waals surface area contributed by atoms with Crippen LogP contribution >= 0.6 is 23.2 Å². The minimum atomic E-state index is -4.07. The van der Waals surface area contributed by atoms with E-state index >= 15 is 0 Å². The molecule has 118 valence electrons. The van der Waals surface area contributed by atoms with Gasteiger partial charge in [-0.1, -0.05) is 35.3 Å². The highest BCUT2D eigenvalue weighted by molar-refractivity contribution is 7.95. The minimum absolute atomic E-state index is 0.00489. The van der Waals surface area contributed by atoms with Crippen molar-refractivity contribution in [2.45, 2.75) is 4.90 Å². The van der Waals surface area contributed by atoms with Gasteiger partial charge in [-0.15, -0.1) is 0 Å². The van der Waals surface area contributed by atoms with Gasteiger partial charge in [0.2, 0.25) is 9.84 Å². The lowest BCUT2D eigenvalue weighted by molar-refractivity contribution is 0.415. The van der Waals surface area contributed by atoms with Crippen LogP contribution in [0.1, 0.15) is 5.56 Å². The number of methoxy groups -OCH3 is 1. The van der Waals surface area contributed by atoms with Crippen LogP contribution in [0.2, 0.25) is 10.0 Å². The fourth-order valence-electron chi connectivity index (χ4n) is 1.82. The van der Waals surface area contributed by atoms with Crippen LogP contribution < -0.4 is 4.74 Å². The molecule has 0 aliphatic heterocycles. The topological polar surface area (TPSA) is 67.2 Å². The van der Waals surface area contributed by atoms with E-state index in [1.807, 2.05) is 0 Å². The third-order valence-corrected chi connectivity index (χ3v) is 5.38. The van der Waals surface area contributed by atoms with Crippen molar-refractivity contribution in [3.05, 3.63) is 63.0 Å². The summed E-state index contributed by atoms with van der Waals surface area (Å²) in [5.74, 6) is 0.626. The van der Waals surface area contributed by atoms with Gasteiger partial charge in [-0.3, -0.25) is 0 Å². The van der Waals surface area contributed by atoms with Crippen LogP contribution in [0, 0.1) is 11.3 Å². The molecule has 2 rings (SSSR count). The largest absolute Gasteiger partial charge is 0.497 e. The van der Waals surface area contributed by atoms with Crippen LogP contribution in [0.15, 0.2) is 52.3 Å². The summed E-state index contributed by atoms with van der Waals surface area (Å²) in [6, 6.07) is 12.4. The van der Waals surface area contributed by atoms with E-state index in [0.717, 1.165) is 0 Å². The number of hydrogen-bond donors (Lipinski definition) is 0. The molecule has 0 aliphatic rings. The zero-order valence-corrected chi connectivity index (χ0v) is 14.3. The molecule has 7 heteroatoms. The molecule has 23 heavy (non-hydrogen) atoms. The van der Waals surface area contributed by atoms with Gasteiger partial charge < -0.3 is 4.74 Å². The highest BCUT2D eigenvalue weighted by Gasteiger charge is 2.24. The van der Waals surface area contributed by atoms with Gasteiger partial charge in [0.25, 0.3) is 0 Å². The second-order valence-electron chi connectivity index (χ2n) is 4.47. The summed E-state index contributed by atoms with van der Waals surface area (Å²) in [6.45, 7) is 0. The molecule has 0 N–H and O–H groups in total. The van der Waals surface area contributed by atoms with E-state index in [-0.39, 0.29) is 14.9 Å². The zero-order valence-electron chi connectivity index (χ0n) is 12.0. The maximum atomic E-state index is 12.6. The van der Waals surface area contributed by atoms with E-state index in [1.165, 1.54) is 31.4 Å². The molecule has 0 heterocycles. The van der Waals surface area contributed by atoms with E-state index in [0.29, 0.717) is 11.3 Å². The summed E-state index contributed by atoms with van der Waals surface area (Å²) >= 11 is 11.8. The summed E-state index contributed by atoms with van der Waals surface area (Å²) in [6.07, 6.45) is 1.27. The third-order valence-electron chi connectivity index (χ3n) is 3.00. The number of allylic oxidation sites excluding steroid dienone is 1. The maximum absolute atomic E-state index is 12.6. The van der Waals surface area contributed by atoms with Gasteiger partial charge in [-0.2, -0.15) is 5.26 Å². The number of rotatable bonds is 4. The number of sulfone groups is 1. The Morgan fingerprint density at radius 3 is 2.39 bits per heavy atom. The van der Waals surface area contributed by atoms with Crippen LogP contribution in [0.4, 0.5) is 0 Å². The molecule has 0 unspecified atom stereocenters. The monoisotopic (exact) mass is 367 g/mol. The van der Waals surface area contributed by atoms with Crippen molar-refractivity contribution in [1.29, 1.82) is 5.26 Å². The summed E-state index contributed by atoms with van der Waals surface area (Å²) in [5, 5.41) is 9.47. The van der Waals surface area contributed by atoms with Crippen LogP contribution in [0.25, 0.3) is 6.08 Å². The van der Waals surface area contributed by atoms with Gasteiger partial charge in [0.15, 0.2) is 0 Å². The first-order valence-corrected chi connectivity index (χ1v) is 8.58. The normalized spacial score (nSPS) is 11.8. The van der Waals surface area contributed by atoms with Gasteiger partial charge >= 0.3 is 0 Å². The van der Waals surface area contributed by atoms with Gasteiger partial charge in [0.05, 0.1) is 17.0 Å². The van der Waals surface area contributed by atoms with E-state index in [9.17, 15) is 13.7 Å². The predicted molar refractivity (Wildman–Crippen MR) is 90.2 cm³/mol. The quantitative estimate of drug-likeness (QED) is 0.753. The predicted octanol–water partition coefficient (Wildman–Crippen LogP) is 4.34. The number of halogens is 2. The van der Waals surface area contributed by atoms with Gasteiger partial charge in [-0.05, 0) is 42.0 Å². The van der Waals surface area contributed by atoms with Crippen molar-refractivity contribution in [2.75, 3.05) is 7.11 Å². The van der Waals surface area contributed by atoms with Crippen LogP contribution in [0.3, 0.4) is 0 Å². The Morgan fingerprint density at radius 2 is 1.83 bits per heavy atom. The molecule has 0 aromatic heterocycles. The van der Waals surface area contributed by atoms with E-state index in [1.54, 1.807) is 30.3 Å². The molecule has 0 atom stereocenters. The van der Waals surface area contributed by atoms with Gasteiger partial charge in [-0.25, -0.2) is 8.42 Å². The number of ether oxygens (including phenoxy) is 1.